The number of fused-ring (bicyclic) bond motifs is 1. The summed E-state index contributed by atoms with van der Waals surface area (Å²) in [6, 6.07) is 11.9. The van der Waals surface area contributed by atoms with E-state index < -0.39 is 39.2 Å². The molecule has 3 aromatic rings. The standard InChI is InChI=1S/C26H25ClF3N3O7S/c1-37-10-11-38-19-8-6-17(23(13-19)39-24-21(27)12-18(15-31-24)26(28,29)30)14-32-25(34)40-41(35,36)33-22-9-7-16-4-2-3-5-20(16)22/h2-6,8,12-13,15,22,33H,7,9-11,14H2,1H3,(H,32,34). The van der Waals surface area contributed by atoms with Gasteiger partial charge in [-0.15, -0.1) is 0 Å². The van der Waals surface area contributed by atoms with Crippen molar-refractivity contribution in [3.05, 3.63) is 82.0 Å². The van der Waals surface area contributed by atoms with E-state index in [9.17, 15) is 26.4 Å². The van der Waals surface area contributed by atoms with Crippen LogP contribution in [0.15, 0.2) is 54.7 Å². The number of aryl methyl sites for hydroxylation is 1. The molecule has 1 heterocycles. The zero-order valence-electron chi connectivity index (χ0n) is 21.5. The molecule has 15 heteroatoms. The highest BCUT2D eigenvalue weighted by Crippen LogP contribution is 2.36. The van der Waals surface area contributed by atoms with Crippen LogP contribution in [-0.4, -0.2) is 39.8 Å². The predicted molar refractivity (Wildman–Crippen MR) is 141 cm³/mol. The van der Waals surface area contributed by atoms with E-state index in [0.717, 1.165) is 11.1 Å². The Morgan fingerprint density at radius 2 is 1.93 bits per heavy atom. The van der Waals surface area contributed by atoms with Crippen molar-refractivity contribution in [2.75, 3.05) is 20.3 Å². The Bertz CT molecular complexity index is 1510. The van der Waals surface area contributed by atoms with E-state index in [1.165, 1.54) is 19.2 Å². The number of carbonyl (C=O) groups is 1. The number of halogens is 4. The fourth-order valence-electron chi connectivity index (χ4n) is 4.04. The van der Waals surface area contributed by atoms with Crippen LogP contribution in [0.3, 0.4) is 0 Å². The van der Waals surface area contributed by atoms with Crippen molar-refractivity contribution < 1.29 is 44.8 Å². The first-order chi connectivity index (χ1) is 19.4. The highest BCUT2D eigenvalue weighted by molar-refractivity contribution is 7.85. The van der Waals surface area contributed by atoms with Crippen LogP contribution in [0.1, 0.15) is 34.7 Å². The van der Waals surface area contributed by atoms with Gasteiger partial charge in [-0.25, -0.2) is 9.78 Å². The molecule has 1 aromatic heterocycles. The summed E-state index contributed by atoms with van der Waals surface area (Å²) >= 11 is 5.98. The maximum absolute atomic E-state index is 13.0. The van der Waals surface area contributed by atoms with Crippen LogP contribution in [-0.2, 0) is 38.4 Å². The summed E-state index contributed by atoms with van der Waals surface area (Å²) in [6.45, 7) is 0.189. The quantitative estimate of drug-likeness (QED) is 0.278. The first-order valence-electron chi connectivity index (χ1n) is 12.2. The number of pyridine rings is 1. The minimum atomic E-state index is -4.66. The molecule has 0 aliphatic heterocycles. The number of benzene rings is 2. The van der Waals surface area contributed by atoms with Gasteiger partial charge in [-0.1, -0.05) is 35.9 Å². The number of hydrogen-bond donors (Lipinski definition) is 2. The highest BCUT2D eigenvalue weighted by atomic mass is 35.5. The number of ether oxygens (including phenoxy) is 3. The molecule has 1 aliphatic rings. The van der Waals surface area contributed by atoms with Gasteiger partial charge in [0.05, 0.1) is 18.2 Å². The van der Waals surface area contributed by atoms with Crippen LogP contribution >= 0.6 is 11.6 Å². The molecule has 1 unspecified atom stereocenters. The zero-order chi connectivity index (χ0) is 29.6. The molecular weight excluding hydrogens is 591 g/mol. The normalized spacial score (nSPS) is 14.8. The molecule has 0 bridgehead atoms. The van der Waals surface area contributed by atoms with Gasteiger partial charge in [0.1, 0.15) is 23.1 Å². The predicted octanol–water partition coefficient (Wildman–Crippen LogP) is 5.32. The van der Waals surface area contributed by atoms with E-state index >= 15 is 0 Å². The molecule has 1 atom stereocenters. The smallest absolute Gasteiger partial charge is 0.423 e. The number of aromatic nitrogens is 1. The van der Waals surface area contributed by atoms with Gasteiger partial charge < -0.3 is 23.7 Å². The molecule has 2 N–H and O–H groups in total. The first kappa shape index (κ1) is 30.4. The highest BCUT2D eigenvalue weighted by Gasteiger charge is 2.32. The number of nitrogens with one attached hydrogen (secondary N) is 2. The van der Waals surface area contributed by atoms with Crippen LogP contribution in [0.25, 0.3) is 0 Å². The number of carbonyl (C=O) groups excluding carboxylic acids is 1. The van der Waals surface area contributed by atoms with Crippen LogP contribution in [0.5, 0.6) is 17.4 Å². The summed E-state index contributed by atoms with van der Waals surface area (Å²) in [5.41, 5.74) is 1.04. The van der Waals surface area contributed by atoms with Gasteiger partial charge in [-0.3, -0.25) is 0 Å². The number of nitrogens with zero attached hydrogens (tertiary/aromatic N) is 1. The summed E-state index contributed by atoms with van der Waals surface area (Å²) in [6.07, 6.45) is -4.15. The van der Waals surface area contributed by atoms with E-state index in [0.29, 0.717) is 30.9 Å². The van der Waals surface area contributed by atoms with E-state index in [2.05, 4.69) is 19.2 Å². The zero-order valence-corrected chi connectivity index (χ0v) is 23.1. The number of alkyl halides is 3. The lowest BCUT2D eigenvalue weighted by Crippen LogP contribution is -2.34. The Balaban J connectivity index is 1.45. The molecule has 0 radical (unpaired) electrons. The topological polar surface area (TPSA) is 125 Å². The second-order valence-corrected chi connectivity index (χ2v) is 10.5. The van der Waals surface area contributed by atoms with E-state index in [1.807, 2.05) is 12.1 Å². The van der Waals surface area contributed by atoms with Gasteiger partial charge in [0.15, 0.2) is 0 Å². The van der Waals surface area contributed by atoms with E-state index in [-0.39, 0.29) is 37.0 Å². The molecular formula is C26H25ClF3N3O7S. The third-order valence-corrected chi connectivity index (χ3v) is 7.18. The maximum atomic E-state index is 13.0. The molecule has 10 nitrogen and oxygen atoms in total. The summed E-state index contributed by atoms with van der Waals surface area (Å²) < 4.78 is 87.1. The Kier molecular flexibility index (Phi) is 9.58. The fraction of sp³-hybridized carbons (Fsp3) is 0.308. The van der Waals surface area contributed by atoms with Crippen LogP contribution < -0.4 is 19.5 Å². The summed E-state index contributed by atoms with van der Waals surface area (Å²) in [4.78, 5) is 16.0. The summed E-state index contributed by atoms with van der Waals surface area (Å²) in [5.74, 6) is 0.00844. The molecule has 1 aliphatic carbocycles. The Morgan fingerprint density at radius 1 is 1.15 bits per heavy atom. The third kappa shape index (κ3) is 8.22. The number of hydrogen-bond acceptors (Lipinski definition) is 8. The van der Waals surface area contributed by atoms with Gasteiger partial charge in [0.2, 0.25) is 5.88 Å². The molecule has 41 heavy (non-hydrogen) atoms. The lowest BCUT2D eigenvalue weighted by Gasteiger charge is -2.16. The van der Waals surface area contributed by atoms with Crippen molar-refractivity contribution in [1.29, 1.82) is 0 Å². The van der Waals surface area contributed by atoms with Gasteiger partial charge in [0, 0.05) is 31.5 Å². The fourth-order valence-corrected chi connectivity index (χ4v) is 5.15. The Labute approximate surface area is 239 Å². The molecule has 220 valence electrons. The first-order valence-corrected chi connectivity index (χ1v) is 14.0. The van der Waals surface area contributed by atoms with Crippen LogP contribution in [0, 0.1) is 0 Å². The lowest BCUT2D eigenvalue weighted by atomic mass is 10.1. The summed E-state index contributed by atoms with van der Waals surface area (Å²) in [7, 11) is -2.96. The largest absolute Gasteiger partial charge is 0.491 e. The van der Waals surface area contributed by atoms with Gasteiger partial charge in [-0.2, -0.15) is 26.3 Å². The lowest BCUT2D eigenvalue weighted by molar-refractivity contribution is -0.137. The van der Waals surface area contributed by atoms with Crippen molar-refractivity contribution in [3.63, 3.8) is 0 Å². The summed E-state index contributed by atoms with van der Waals surface area (Å²) in [5, 5.41) is 1.91. The number of rotatable bonds is 11. The number of methoxy groups -OCH3 is 1. The van der Waals surface area contributed by atoms with Gasteiger partial charge in [0.25, 0.3) is 0 Å². The molecule has 0 saturated heterocycles. The molecule has 0 saturated carbocycles. The molecule has 4 rings (SSSR count). The molecule has 0 spiro atoms. The van der Waals surface area contributed by atoms with Crippen molar-refractivity contribution in [2.45, 2.75) is 31.6 Å². The van der Waals surface area contributed by atoms with E-state index in [1.54, 1.807) is 18.2 Å². The van der Waals surface area contributed by atoms with Crippen molar-refractivity contribution in [1.82, 2.24) is 15.0 Å². The minimum absolute atomic E-state index is 0.0259. The van der Waals surface area contributed by atoms with Crippen LogP contribution in [0.2, 0.25) is 5.02 Å². The van der Waals surface area contributed by atoms with Crippen LogP contribution in [0.4, 0.5) is 18.0 Å². The maximum Gasteiger partial charge on any atom is 0.423 e. The number of amides is 1. The van der Waals surface area contributed by atoms with Gasteiger partial charge >= 0.3 is 22.6 Å². The van der Waals surface area contributed by atoms with E-state index in [4.69, 9.17) is 25.8 Å². The molecule has 0 fully saturated rings. The van der Waals surface area contributed by atoms with Crippen molar-refractivity contribution >= 4 is 28.0 Å². The monoisotopic (exact) mass is 615 g/mol. The molecule has 1 amide bonds. The van der Waals surface area contributed by atoms with Crippen molar-refractivity contribution in [2.24, 2.45) is 0 Å². The minimum Gasteiger partial charge on any atom is -0.491 e. The average molecular weight is 616 g/mol. The molecule has 2 aromatic carbocycles. The Hall–Kier alpha value is -3.59. The third-order valence-electron chi connectivity index (χ3n) is 5.96. The van der Waals surface area contributed by atoms with Crippen molar-refractivity contribution in [3.8, 4) is 17.4 Å². The van der Waals surface area contributed by atoms with Gasteiger partial charge in [-0.05, 0) is 42.2 Å². The second kappa shape index (κ2) is 12.9. The average Bonchev–Trinajstić information content (AvgIpc) is 3.30. The SMILES string of the molecule is COCCOc1ccc(CNC(=O)OS(=O)(=O)NC2CCc3ccccc32)c(Oc2ncc(C(F)(F)F)cc2Cl)c1. The second-order valence-electron chi connectivity index (χ2n) is 8.81. The Morgan fingerprint density at radius 3 is 2.66 bits per heavy atom.